The summed E-state index contributed by atoms with van der Waals surface area (Å²) in [4.78, 5) is 0. The molecular formula is C15H20F3N. The third kappa shape index (κ3) is 3.72. The van der Waals surface area contributed by atoms with E-state index in [0.29, 0.717) is 12.1 Å². The van der Waals surface area contributed by atoms with E-state index < -0.39 is 17.5 Å². The van der Waals surface area contributed by atoms with Crippen LogP contribution in [0.1, 0.15) is 44.6 Å². The molecule has 0 spiro atoms. The summed E-state index contributed by atoms with van der Waals surface area (Å²) < 4.78 is 39.4. The first kappa shape index (κ1) is 14.4. The van der Waals surface area contributed by atoms with Crippen molar-refractivity contribution >= 4 is 0 Å². The van der Waals surface area contributed by atoms with E-state index in [2.05, 4.69) is 12.2 Å². The summed E-state index contributed by atoms with van der Waals surface area (Å²) in [6.07, 6.45) is 5.76. The van der Waals surface area contributed by atoms with Gasteiger partial charge in [-0.25, -0.2) is 13.2 Å². The molecule has 1 nitrogen and oxygen atoms in total. The van der Waals surface area contributed by atoms with Gasteiger partial charge in [-0.3, -0.25) is 0 Å². The van der Waals surface area contributed by atoms with Crippen LogP contribution in [-0.2, 0) is 6.54 Å². The number of hydrogen-bond acceptors (Lipinski definition) is 1. The average molecular weight is 271 g/mol. The lowest BCUT2D eigenvalue weighted by atomic mass is 9.84. The van der Waals surface area contributed by atoms with Gasteiger partial charge in [-0.05, 0) is 24.8 Å². The van der Waals surface area contributed by atoms with Crippen LogP contribution in [0, 0.1) is 23.4 Å². The molecule has 0 aliphatic heterocycles. The average Bonchev–Trinajstić information content (AvgIpc) is 2.41. The molecule has 0 bridgehead atoms. The maximum Gasteiger partial charge on any atom is 0.161 e. The first-order chi connectivity index (χ1) is 9.10. The van der Waals surface area contributed by atoms with Gasteiger partial charge in [-0.15, -0.1) is 0 Å². The number of halogens is 3. The van der Waals surface area contributed by atoms with Crippen LogP contribution < -0.4 is 5.32 Å². The van der Waals surface area contributed by atoms with E-state index in [0.717, 1.165) is 31.2 Å². The summed E-state index contributed by atoms with van der Waals surface area (Å²) in [6.45, 7) is 2.44. The molecule has 1 aromatic carbocycles. The molecule has 0 heterocycles. The van der Waals surface area contributed by atoms with Crippen LogP contribution in [0.15, 0.2) is 12.1 Å². The van der Waals surface area contributed by atoms with Gasteiger partial charge >= 0.3 is 0 Å². The normalized spacial score (nSPS) is 23.6. The minimum atomic E-state index is -1.13. The van der Waals surface area contributed by atoms with Gasteiger partial charge in [-0.2, -0.15) is 0 Å². The smallest absolute Gasteiger partial charge is 0.161 e. The van der Waals surface area contributed by atoms with Crippen LogP contribution in [-0.4, -0.2) is 6.04 Å². The summed E-state index contributed by atoms with van der Waals surface area (Å²) in [7, 11) is 0. The zero-order valence-corrected chi connectivity index (χ0v) is 11.2. The summed E-state index contributed by atoms with van der Waals surface area (Å²) in [5.41, 5.74) is 0.192. The number of hydrogen-bond donors (Lipinski definition) is 1. The third-order valence-electron chi connectivity index (χ3n) is 4.03. The van der Waals surface area contributed by atoms with Gasteiger partial charge in [-0.1, -0.05) is 26.2 Å². The quantitative estimate of drug-likeness (QED) is 0.811. The molecular weight excluding hydrogens is 251 g/mol. The van der Waals surface area contributed by atoms with Gasteiger partial charge in [0.2, 0.25) is 0 Å². The van der Waals surface area contributed by atoms with Gasteiger partial charge in [0, 0.05) is 24.2 Å². The Balaban J connectivity index is 1.93. The Labute approximate surface area is 112 Å². The zero-order chi connectivity index (χ0) is 13.8. The van der Waals surface area contributed by atoms with E-state index in [4.69, 9.17) is 0 Å². The van der Waals surface area contributed by atoms with E-state index in [1.54, 1.807) is 0 Å². The van der Waals surface area contributed by atoms with Crippen molar-refractivity contribution in [3.8, 4) is 0 Å². The van der Waals surface area contributed by atoms with Crippen molar-refractivity contribution in [2.75, 3.05) is 0 Å². The minimum absolute atomic E-state index is 0.192. The topological polar surface area (TPSA) is 12.0 Å². The van der Waals surface area contributed by atoms with E-state index in [1.807, 2.05) is 0 Å². The molecule has 4 heteroatoms. The summed E-state index contributed by atoms with van der Waals surface area (Å²) in [5.74, 6) is -2.09. The summed E-state index contributed by atoms with van der Waals surface area (Å²) >= 11 is 0. The molecule has 1 aliphatic carbocycles. The monoisotopic (exact) mass is 271 g/mol. The van der Waals surface area contributed by atoms with Crippen molar-refractivity contribution in [1.29, 1.82) is 0 Å². The van der Waals surface area contributed by atoms with Crippen molar-refractivity contribution < 1.29 is 13.2 Å². The van der Waals surface area contributed by atoms with Crippen molar-refractivity contribution in [2.24, 2.45) is 5.92 Å². The van der Waals surface area contributed by atoms with Crippen LogP contribution >= 0.6 is 0 Å². The van der Waals surface area contributed by atoms with E-state index in [1.165, 1.54) is 12.8 Å². The van der Waals surface area contributed by atoms with Crippen LogP contribution in [0.4, 0.5) is 13.2 Å². The second-order valence-electron chi connectivity index (χ2n) is 5.38. The number of rotatable bonds is 4. The molecule has 1 fully saturated rings. The second kappa shape index (κ2) is 6.42. The Kier molecular flexibility index (Phi) is 4.86. The lowest BCUT2D eigenvalue weighted by Crippen LogP contribution is -2.33. The first-order valence-electron chi connectivity index (χ1n) is 6.97. The van der Waals surface area contributed by atoms with Crippen molar-refractivity contribution in [3.05, 3.63) is 35.1 Å². The Hall–Kier alpha value is -1.03. The highest BCUT2D eigenvalue weighted by Crippen LogP contribution is 2.26. The Morgan fingerprint density at radius 2 is 1.84 bits per heavy atom. The largest absolute Gasteiger partial charge is 0.310 e. The fourth-order valence-electron chi connectivity index (χ4n) is 2.80. The SMILES string of the molecule is CCC1CCCC(NCc2cc(F)c(F)cc2F)C1. The molecule has 19 heavy (non-hydrogen) atoms. The van der Waals surface area contributed by atoms with Gasteiger partial charge in [0.25, 0.3) is 0 Å². The van der Waals surface area contributed by atoms with Gasteiger partial charge < -0.3 is 5.32 Å². The van der Waals surface area contributed by atoms with Gasteiger partial charge in [0.1, 0.15) is 5.82 Å². The third-order valence-corrected chi connectivity index (χ3v) is 4.03. The molecule has 1 N–H and O–H groups in total. The van der Waals surface area contributed by atoms with Crippen LogP contribution in [0.2, 0.25) is 0 Å². The van der Waals surface area contributed by atoms with E-state index in [-0.39, 0.29) is 12.1 Å². The molecule has 2 atom stereocenters. The molecule has 2 unspecified atom stereocenters. The second-order valence-corrected chi connectivity index (χ2v) is 5.38. The maximum atomic E-state index is 13.5. The minimum Gasteiger partial charge on any atom is -0.310 e. The Morgan fingerprint density at radius 3 is 2.58 bits per heavy atom. The molecule has 1 saturated carbocycles. The van der Waals surface area contributed by atoms with Crippen LogP contribution in [0.3, 0.4) is 0 Å². The molecule has 1 aromatic rings. The van der Waals surface area contributed by atoms with E-state index >= 15 is 0 Å². The van der Waals surface area contributed by atoms with Crippen LogP contribution in [0.5, 0.6) is 0 Å². The van der Waals surface area contributed by atoms with Crippen molar-refractivity contribution in [2.45, 2.75) is 51.6 Å². The molecule has 0 amide bonds. The molecule has 0 radical (unpaired) electrons. The Morgan fingerprint density at radius 1 is 1.11 bits per heavy atom. The number of nitrogens with one attached hydrogen (secondary N) is 1. The van der Waals surface area contributed by atoms with Gasteiger partial charge in [0.15, 0.2) is 11.6 Å². The highest BCUT2D eigenvalue weighted by atomic mass is 19.2. The van der Waals surface area contributed by atoms with Crippen molar-refractivity contribution in [1.82, 2.24) is 5.32 Å². The fourth-order valence-corrected chi connectivity index (χ4v) is 2.80. The Bertz CT molecular complexity index is 434. The molecule has 0 saturated heterocycles. The summed E-state index contributed by atoms with van der Waals surface area (Å²) in [6, 6.07) is 1.91. The predicted molar refractivity (Wildman–Crippen MR) is 69.2 cm³/mol. The fraction of sp³-hybridized carbons (Fsp3) is 0.600. The molecule has 2 rings (SSSR count). The standard InChI is InChI=1S/C15H20F3N/c1-2-10-4-3-5-12(6-10)19-9-11-7-14(17)15(18)8-13(11)16/h7-8,10,12,19H,2-6,9H2,1H3. The highest BCUT2D eigenvalue weighted by Gasteiger charge is 2.20. The summed E-state index contributed by atoms with van der Waals surface area (Å²) in [5, 5.41) is 3.26. The number of benzene rings is 1. The van der Waals surface area contributed by atoms with Crippen LogP contribution in [0.25, 0.3) is 0 Å². The lowest BCUT2D eigenvalue weighted by molar-refractivity contribution is 0.277. The van der Waals surface area contributed by atoms with Gasteiger partial charge in [0.05, 0.1) is 0 Å². The lowest BCUT2D eigenvalue weighted by Gasteiger charge is -2.29. The zero-order valence-electron chi connectivity index (χ0n) is 11.2. The molecule has 106 valence electrons. The first-order valence-corrected chi connectivity index (χ1v) is 6.97. The van der Waals surface area contributed by atoms with Crippen molar-refractivity contribution in [3.63, 3.8) is 0 Å². The maximum absolute atomic E-state index is 13.5. The highest BCUT2D eigenvalue weighted by molar-refractivity contribution is 5.20. The van der Waals surface area contributed by atoms with E-state index in [9.17, 15) is 13.2 Å². The predicted octanol–water partition coefficient (Wildman–Crippen LogP) is 4.16. The molecule has 1 aliphatic rings. The molecule has 0 aromatic heterocycles.